The predicted octanol–water partition coefficient (Wildman–Crippen LogP) is 2.52. The summed E-state index contributed by atoms with van der Waals surface area (Å²) in [6, 6.07) is 9.61. The third kappa shape index (κ3) is 4.86. The van der Waals surface area contributed by atoms with Gasteiger partial charge in [0, 0.05) is 31.9 Å². The van der Waals surface area contributed by atoms with Crippen molar-refractivity contribution in [3.8, 4) is 5.75 Å². The molecule has 1 aromatic carbocycles. The van der Waals surface area contributed by atoms with E-state index in [0.29, 0.717) is 24.4 Å². The van der Waals surface area contributed by atoms with E-state index in [2.05, 4.69) is 15.6 Å². The van der Waals surface area contributed by atoms with Crippen LogP contribution in [0.3, 0.4) is 0 Å². The van der Waals surface area contributed by atoms with Crippen molar-refractivity contribution in [2.24, 2.45) is 0 Å². The Morgan fingerprint density at radius 1 is 1.23 bits per heavy atom. The summed E-state index contributed by atoms with van der Waals surface area (Å²) in [6.45, 7) is 3.32. The first-order valence-electron chi connectivity index (χ1n) is 7.23. The lowest BCUT2D eigenvalue weighted by molar-refractivity contribution is -0.116. The van der Waals surface area contributed by atoms with Gasteiger partial charge in [-0.25, -0.2) is 0 Å². The Balaban J connectivity index is 1.77. The second-order valence-corrected chi connectivity index (χ2v) is 5.03. The number of hydrogen-bond donors (Lipinski definition) is 2. The average Bonchev–Trinajstić information content (AvgIpc) is 2.53. The Labute approximate surface area is 130 Å². The first-order chi connectivity index (χ1) is 10.7. The van der Waals surface area contributed by atoms with Gasteiger partial charge in [0.25, 0.3) is 0 Å². The summed E-state index contributed by atoms with van der Waals surface area (Å²) in [4.78, 5) is 16.0. The van der Waals surface area contributed by atoms with E-state index in [1.807, 2.05) is 37.3 Å². The van der Waals surface area contributed by atoms with Gasteiger partial charge in [0.1, 0.15) is 5.75 Å². The molecule has 0 fully saturated rings. The molecule has 0 saturated heterocycles. The lowest BCUT2D eigenvalue weighted by Crippen LogP contribution is -2.21. The molecule has 2 aromatic rings. The molecule has 1 heterocycles. The number of carbonyl (C=O) groups is 1. The van der Waals surface area contributed by atoms with Gasteiger partial charge in [0.05, 0.1) is 12.8 Å². The highest BCUT2D eigenvalue weighted by Crippen LogP contribution is 2.25. The molecule has 2 N–H and O–H groups in total. The lowest BCUT2D eigenvalue weighted by atomic mass is 10.2. The Kier molecular flexibility index (Phi) is 5.91. The second-order valence-electron chi connectivity index (χ2n) is 5.03. The van der Waals surface area contributed by atoms with E-state index in [-0.39, 0.29) is 5.91 Å². The highest BCUT2D eigenvalue weighted by molar-refractivity contribution is 5.92. The minimum atomic E-state index is -0.0360. The largest absolute Gasteiger partial charge is 0.495 e. The third-order valence-corrected chi connectivity index (χ3v) is 3.24. The van der Waals surface area contributed by atoms with Crippen LogP contribution in [0, 0.1) is 6.92 Å². The van der Waals surface area contributed by atoms with Gasteiger partial charge in [0.2, 0.25) is 5.91 Å². The van der Waals surface area contributed by atoms with Crippen LogP contribution in [0.4, 0.5) is 5.69 Å². The number of nitrogens with zero attached hydrogens (tertiary/aromatic N) is 1. The van der Waals surface area contributed by atoms with E-state index in [0.717, 1.165) is 17.7 Å². The van der Waals surface area contributed by atoms with Crippen molar-refractivity contribution in [2.45, 2.75) is 19.9 Å². The number of benzene rings is 1. The quantitative estimate of drug-likeness (QED) is 0.771. The minimum absolute atomic E-state index is 0.0360. The van der Waals surface area contributed by atoms with Crippen LogP contribution in [0.1, 0.15) is 17.5 Å². The molecule has 2 rings (SSSR count). The highest BCUT2D eigenvalue weighted by Gasteiger charge is 2.07. The van der Waals surface area contributed by atoms with Crippen molar-refractivity contribution in [3.05, 3.63) is 53.9 Å². The van der Waals surface area contributed by atoms with Gasteiger partial charge in [-0.15, -0.1) is 0 Å². The van der Waals surface area contributed by atoms with E-state index in [9.17, 15) is 4.79 Å². The number of rotatable bonds is 7. The molecule has 5 nitrogen and oxygen atoms in total. The van der Waals surface area contributed by atoms with Crippen LogP contribution in [0.25, 0.3) is 0 Å². The molecule has 5 heteroatoms. The van der Waals surface area contributed by atoms with Crippen molar-refractivity contribution in [1.82, 2.24) is 10.3 Å². The fourth-order valence-corrected chi connectivity index (χ4v) is 2.07. The summed E-state index contributed by atoms with van der Waals surface area (Å²) >= 11 is 0. The van der Waals surface area contributed by atoms with Gasteiger partial charge in [-0.3, -0.25) is 9.78 Å². The van der Waals surface area contributed by atoms with Gasteiger partial charge < -0.3 is 15.4 Å². The molecule has 0 spiro atoms. The maximum Gasteiger partial charge on any atom is 0.225 e. The predicted molar refractivity (Wildman–Crippen MR) is 86.9 cm³/mol. The molecule has 0 unspecified atom stereocenters. The number of carbonyl (C=O) groups excluding carboxylic acids is 1. The number of aryl methyl sites for hydroxylation is 1. The molecule has 0 aliphatic carbocycles. The van der Waals surface area contributed by atoms with Gasteiger partial charge in [0.15, 0.2) is 0 Å². The van der Waals surface area contributed by atoms with Gasteiger partial charge in [-0.05, 0) is 42.3 Å². The SMILES string of the molecule is COc1ccc(C)cc1NC(=O)CCNCc1ccncc1. The number of pyridine rings is 1. The normalized spacial score (nSPS) is 10.3. The number of nitrogens with one attached hydrogen (secondary N) is 2. The van der Waals surface area contributed by atoms with Gasteiger partial charge >= 0.3 is 0 Å². The number of methoxy groups -OCH3 is 1. The number of ether oxygens (including phenoxy) is 1. The van der Waals surface area contributed by atoms with E-state index < -0.39 is 0 Å². The fraction of sp³-hybridized carbons (Fsp3) is 0.294. The zero-order valence-corrected chi connectivity index (χ0v) is 12.9. The molecule has 0 saturated carbocycles. The first kappa shape index (κ1) is 16.0. The molecular weight excluding hydrogens is 278 g/mol. The average molecular weight is 299 g/mol. The number of amides is 1. The van der Waals surface area contributed by atoms with Crippen molar-refractivity contribution in [2.75, 3.05) is 19.0 Å². The van der Waals surface area contributed by atoms with Crippen LogP contribution < -0.4 is 15.4 Å². The summed E-state index contributed by atoms with van der Waals surface area (Å²) in [7, 11) is 1.59. The van der Waals surface area contributed by atoms with Crippen LogP contribution in [-0.4, -0.2) is 24.5 Å². The zero-order valence-electron chi connectivity index (χ0n) is 12.9. The van der Waals surface area contributed by atoms with Crippen molar-refractivity contribution < 1.29 is 9.53 Å². The molecule has 1 aromatic heterocycles. The Hall–Kier alpha value is -2.40. The molecule has 0 aliphatic rings. The van der Waals surface area contributed by atoms with Crippen LogP contribution in [-0.2, 0) is 11.3 Å². The third-order valence-electron chi connectivity index (χ3n) is 3.24. The summed E-state index contributed by atoms with van der Waals surface area (Å²) in [5, 5.41) is 6.13. The van der Waals surface area contributed by atoms with Gasteiger partial charge in [-0.2, -0.15) is 0 Å². The smallest absolute Gasteiger partial charge is 0.225 e. The monoisotopic (exact) mass is 299 g/mol. The van der Waals surface area contributed by atoms with Crippen molar-refractivity contribution in [3.63, 3.8) is 0 Å². The van der Waals surface area contributed by atoms with E-state index in [1.54, 1.807) is 19.5 Å². The summed E-state index contributed by atoms with van der Waals surface area (Å²) in [5.74, 6) is 0.634. The molecule has 116 valence electrons. The van der Waals surface area contributed by atoms with E-state index >= 15 is 0 Å². The van der Waals surface area contributed by atoms with E-state index in [4.69, 9.17) is 4.74 Å². The molecular formula is C17H21N3O2. The summed E-state index contributed by atoms with van der Waals surface area (Å²) < 4.78 is 5.25. The molecule has 0 aliphatic heterocycles. The second kappa shape index (κ2) is 8.14. The highest BCUT2D eigenvalue weighted by atomic mass is 16.5. The number of aromatic nitrogens is 1. The molecule has 0 atom stereocenters. The maximum atomic E-state index is 12.0. The Morgan fingerprint density at radius 2 is 2.00 bits per heavy atom. The number of anilines is 1. The fourth-order valence-electron chi connectivity index (χ4n) is 2.07. The zero-order chi connectivity index (χ0) is 15.8. The van der Waals surface area contributed by atoms with Crippen LogP contribution in [0.15, 0.2) is 42.7 Å². The minimum Gasteiger partial charge on any atom is -0.495 e. The van der Waals surface area contributed by atoms with E-state index in [1.165, 1.54) is 0 Å². The van der Waals surface area contributed by atoms with Crippen LogP contribution in [0.2, 0.25) is 0 Å². The van der Waals surface area contributed by atoms with Gasteiger partial charge in [-0.1, -0.05) is 6.07 Å². The van der Waals surface area contributed by atoms with Crippen LogP contribution in [0.5, 0.6) is 5.75 Å². The van der Waals surface area contributed by atoms with Crippen molar-refractivity contribution in [1.29, 1.82) is 0 Å². The lowest BCUT2D eigenvalue weighted by Gasteiger charge is -2.11. The summed E-state index contributed by atoms with van der Waals surface area (Å²) in [5.41, 5.74) is 2.93. The molecule has 0 radical (unpaired) electrons. The first-order valence-corrected chi connectivity index (χ1v) is 7.23. The standard InChI is InChI=1S/C17H21N3O2/c1-13-3-4-16(22-2)15(11-13)20-17(21)7-10-19-12-14-5-8-18-9-6-14/h3-6,8-9,11,19H,7,10,12H2,1-2H3,(H,20,21). The number of hydrogen-bond acceptors (Lipinski definition) is 4. The molecule has 1 amide bonds. The Morgan fingerprint density at radius 3 is 2.73 bits per heavy atom. The Bertz CT molecular complexity index is 615. The maximum absolute atomic E-state index is 12.0. The molecule has 0 bridgehead atoms. The van der Waals surface area contributed by atoms with Crippen LogP contribution >= 0.6 is 0 Å². The molecule has 22 heavy (non-hydrogen) atoms. The summed E-state index contributed by atoms with van der Waals surface area (Å²) in [6.07, 6.45) is 3.92. The van der Waals surface area contributed by atoms with Crippen molar-refractivity contribution >= 4 is 11.6 Å². The topological polar surface area (TPSA) is 63.2 Å².